The van der Waals surface area contributed by atoms with Crippen molar-refractivity contribution in [2.24, 2.45) is 10.8 Å². The zero-order chi connectivity index (χ0) is 28.8. The van der Waals surface area contributed by atoms with Gasteiger partial charge in [0.1, 0.15) is 0 Å². The Morgan fingerprint density at radius 2 is 1.83 bits per heavy atom. The Morgan fingerprint density at radius 1 is 1.12 bits per heavy atom. The number of nitrogens with two attached hydrogens (primary N) is 1. The maximum absolute atomic E-state index is 13.3. The van der Waals surface area contributed by atoms with Crippen LogP contribution in [0.5, 0.6) is 0 Å². The quantitative estimate of drug-likeness (QED) is 0.239. The van der Waals surface area contributed by atoms with Crippen molar-refractivity contribution in [1.82, 2.24) is 15.2 Å². The molecule has 0 saturated heterocycles. The number of methoxy groups -OCH3 is 1. The molecular weight excluding hydrogens is 569 g/mol. The van der Waals surface area contributed by atoms with Gasteiger partial charge in [0, 0.05) is 28.7 Å². The number of para-hydroxylation sites is 1. The van der Waals surface area contributed by atoms with Crippen LogP contribution < -0.4 is 21.7 Å². The number of nitrogens with zero attached hydrogens (tertiary/aromatic N) is 3. The van der Waals surface area contributed by atoms with Gasteiger partial charge < -0.3 is 19.5 Å². The molecule has 2 aliphatic heterocycles. The van der Waals surface area contributed by atoms with Gasteiger partial charge in [-0.1, -0.05) is 48.0 Å². The number of dihydropyridines is 1. The summed E-state index contributed by atoms with van der Waals surface area (Å²) in [6.07, 6.45) is 1.47. The summed E-state index contributed by atoms with van der Waals surface area (Å²) < 4.78 is 16.5. The molecule has 12 heteroatoms. The lowest BCUT2D eigenvalue weighted by atomic mass is 9.80. The topological polar surface area (TPSA) is 119 Å². The number of rotatable bonds is 10. The van der Waals surface area contributed by atoms with E-state index in [9.17, 15) is 9.59 Å². The molecule has 0 saturated carbocycles. The van der Waals surface area contributed by atoms with Gasteiger partial charge in [-0.05, 0) is 38.6 Å². The van der Waals surface area contributed by atoms with Crippen LogP contribution in [0.4, 0.5) is 0 Å². The van der Waals surface area contributed by atoms with Gasteiger partial charge in [-0.3, -0.25) is 9.91 Å². The monoisotopic (exact) mass is 603 g/mol. The number of nitrogens with one attached hydrogen (secondary N) is 1. The first-order valence-electron chi connectivity index (χ1n) is 12.9. The van der Waals surface area contributed by atoms with Crippen molar-refractivity contribution in [3.05, 3.63) is 92.2 Å². The van der Waals surface area contributed by atoms with Crippen LogP contribution in [0.2, 0.25) is 5.02 Å². The van der Waals surface area contributed by atoms with Crippen LogP contribution in [0.25, 0.3) is 6.20 Å². The molecule has 0 aromatic heterocycles. The Morgan fingerprint density at radius 3 is 2.54 bits per heavy atom. The fourth-order valence-corrected chi connectivity index (χ4v) is 5.06. The summed E-state index contributed by atoms with van der Waals surface area (Å²) in [4.78, 5) is 32.9. The number of allylic oxidation sites excluding steroid dienone is 1. The van der Waals surface area contributed by atoms with Gasteiger partial charge >= 0.3 is 11.9 Å². The third-order valence-corrected chi connectivity index (χ3v) is 7.08. The molecule has 3 N–H and O–H groups in total. The fraction of sp³-hybridized carbons (Fsp3) is 0.345. The van der Waals surface area contributed by atoms with E-state index in [4.69, 9.17) is 36.6 Å². The Labute approximate surface area is 250 Å². The highest BCUT2D eigenvalue weighted by Gasteiger charge is 2.39. The molecule has 41 heavy (non-hydrogen) atoms. The fourth-order valence-electron chi connectivity index (χ4n) is 4.82. The van der Waals surface area contributed by atoms with Gasteiger partial charge in [-0.25, -0.2) is 20.4 Å². The highest BCUT2D eigenvalue weighted by Crippen LogP contribution is 2.41. The third kappa shape index (κ3) is 7.09. The van der Waals surface area contributed by atoms with E-state index in [1.165, 1.54) is 7.11 Å². The molecule has 0 radical (unpaired) electrons. The molecule has 0 aliphatic carbocycles. The van der Waals surface area contributed by atoms with Crippen molar-refractivity contribution in [2.45, 2.75) is 26.1 Å². The first-order chi connectivity index (χ1) is 19.3. The molecular formula is C29H35Cl2N5O5. The summed E-state index contributed by atoms with van der Waals surface area (Å²) >= 11 is 6.56. The lowest BCUT2D eigenvalue weighted by molar-refractivity contribution is -0.139. The van der Waals surface area contributed by atoms with Crippen molar-refractivity contribution in [2.75, 3.05) is 40.5 Å². The number of fused-ring (bicyclic) bond motifs is 1. The van der Waals surface area contributed by atoms with Gasteiger partial charge in [0.15, 0.2) is 6.29 Å². The standard InChI is InChI=1S/C29H34ClN5O5.ClH/c1-5-40-28(37)26-23(32-18(2)24(27(36)38-4)25(26)20-11-7-8-12-21(20)30)17-39-15-14-34(3)29-33-22-13-9-6-10-19(22)16-35(29)31;/h6-13,16,25,29,32H,5,14-15,17,31H2,1-4H3;1H. The molecule has 2 aromatic carbocycles. The molecule has 2 aliphatic rings. The molecule has 0 amide bonds. The van der Waals surface area contributed by atoms with E-state index >= 15 is 0 Å². The molecule has 0 spiro atoms. The summed E-state index contributed by atoms with van der Waals surface area (Å²) in [6, 6.07) is 14.9. The lowest BCUT2D eigenvalue weighted by Crippen LogP contribution is -2.53. The number of hydrazine groups is 1. The summed E-state index contributed by atoms with van der Waals surface area (Å²) in [5.74, 6) is 4.28. The molecule has 2 atom stereocenters. The molecule has 220 valence electrons. The second-order valence-corrected chi connectivity index (χ2v) is 9.77. The predicted octanol–water partition coefficient (Wildman–Crippen LogP) is 2.19. The number of esters is 2. The molecule has 0 bridgehead atoms. The zero-order valence-corrected chi connectivity index (χ0v) is 25.0. The highest BCUT2D eigenvalue weighted by molar-refractivity contribution is 6.31. The number of carbonyl (C=O) groups excluding carboxylic acids is 2. The van der Waals surface area contributed by atoms with Crippen LogP contribution in [0.3, 0.4) is 0 Å². The van der Waals surface area contributed by atoms with E-state index < -0.39 is 24.1 Å². The van der Waals surface area contributed by atoms with E-state index in [0.717, 1.165) is 10.6 Å². The molecule has 0 fully saturated rings. The normalized spacial score (nSPS) is 18.1. The van der Waals surface area contributed by atoms with E-state index in [1.54, 1.807) is 43.1 Å². The Balaban J connectivity index is 0.00000462. The Kier molecular flexibility index (Phi) is 11.3. The SMILES string of the molecule is CCOC(=O)C1=C(COCCN(C)C2N=c3ccccc3=CN2N)NC(C)=C(C(=O)OC)C1c1ccccc1Cl.Cl. The van der Waals surface area contributed by atoms with Gasteiger partial charge in [0.05, 0.1) is 55.0 Å². The van der Waals surface area contributed by atoms with E-state index in [0.29, 0.717) is 35.1 Å². The van der Waals surface area contributed by atoms with Crippen LogP contribution >= 0.6 is 24.0 Å². The van der Waals surface area contributed by atoms with Crippen LogP contribution in [0.1, 0.15) is 25.3 Å². The molecule has 2 heterocycles. The van der Waals surface area contributed by atoms with Crippen molar-refractivity contribution in [1.29, 1.82) is 0 Å². The number of benzene rings is 2. The number of halogens is 2. The first kappa shape index (κ1) is 32.1. The van der Waals surface area contributed by atoms with Crippen LogP contribution in [-0.4, -0.2) is 68.7 Å². The van der Waals surface area contributed by atoms with Crippen molar-refractivity contribution in [3.63, 3.8) is 0 Å². The number of carbonyl (C=O) groups is 2. The smallest absolute Gasteiger partial charge is 0.336 e. The van der Waals surface area contributed by atoms with Gasteiger partial charge in [-0.2, -0.15) is 0 Å². The van der Waals surface area contributed by atoms with E-state index in [-0.39, 0.29) is 36.8 Å². The van der Waals surface area contributed by atoms with Crippen LogP contribution in [0.15, 0.2) is 76.1 Å². The Bertz CT molecular complexity index is 1460. The number of hydrogen-bond donors (Lipinski definition) is 2. The minimum Gasteiger partial charge on any atom is -0.466 e. The molecule has 2 aromatic rings. The minimum absolute atomic E-state index is 0. The first-order valence-corrected chi connectivity index (χ1v) is 13.3. The van der Waals surface area contributed by atoms with E-state index in [1.807, 2.05) is 42.4 Å². The summed E-state index contributed by atoms with van der Waals surface area (Å²) in [6.45, 7) is 4.53. The maximum Gasteiger partial charge on any atom is 0.336 e. The Hall–Kier alpha value is -3.41. The molecule has 2 unspecified atom stereocenters. The number of likely N-dealkylation sites (N-methyl/N-ethyl adjacent to an activating group) is 1. The van der Waals surface area contributed by atoms with Crippen LogP contribution in [-0.2, 0) is 23.8 Å². The average Bonchev–Trinajstić information content (AvgIpc) is 2.94. The van der Waals surface area contributed by atoms with Gasteiger partial charge in [-0.15, -0.1) is 12.4 Å². The highest BCUT2D eigenvalue weighted by atomic mass is 35.5. The average molecular weight is 605 g/mol. The van der Waals surface area contributed by atoms with Gasteiger partial charge in [0.25, 0.3) is 0 Å². The van der Waals surface area contributed by atoms with Crippen LogP contribution in [0, 0.1) is 0 Å². The predicted molar refractivity (Wildman–Crippen MR) is 158 cm³/mol. The summed E-state index contributed by atoms with van der Waals surface area (Å²) in [5.41, 5.74) is 2.14. The summed E-state index contributed by atoms with van der Waals surface area (Å²) in [7, 11) is 3.21. The number of ether oxygens (including phenoxy) is 3. The van der Waals surface area contributed by atoms with Crippen molar-refractivity contribution >= 4 is 42.1 Å². The second-order valence-electron chi connectivity index (χ2n) is 9.37. The largest absolute Gasteiger partial charge is 0.466 e. The molecule has 10 nitrogen and oxygen atoms in total. The molecule has 4 rings (SSSR count). The zero-order valence-electron chi connectivity index (χ0n) is 23.4. The van der Waals surface area contributed by atoms with Gasteiger partial charge in [0.2, 0.25) is 0 Å². The summed E-state index contributed by atoms with van der Waals surface area (Å²) in [5, 5.41) is 6.97. The number of hydrogen-bond acceptors (Lipinski definition) is 10. The minimum atomic E-state index is -0.801. The van der Waals surface area contributed by atoms with E-state index in [2.05, 4.69) is 5.32 Å². The second kappa shape index (κ2) is 14.5. The van der Waals surface area contributed by atoms with Crippen molar-refractivity contribution < 1.29 is 23.8 Å². The maximum atomic E-state index is 13.3. The third-order valence-electron chi connectivity index (χ3n) is 6.74. The van der Waals surface area contributed by atoms with Crippen molar-refractivity contribution in [3.8, 4) is 0 Å². The lowest BCUT2D eigenvalue weighted by Gasteiger charge is -2.33.